The molecule has 0 fully saturated rings. The Balaban J connectivity index is 0.993. The fraction of sp³-hybridized carbons (Fsp3) is 0.0508. The lowest BCUT2D eigenvalue weighted by Crippen LogP contribution is -2.37. The molecule has 13 rings (SSSR count). The molecule has 5 nitrogen and oxygen atoms in total. The summed E-state index contributed by atoms with van der Waals surface area (Å²) < 4.78 is 4.92. The zero-order valence-electron chi connectivity index (χ0n) is 34.9. The van der Waals surface area contributed by atoms with Crippen molar-refractivity contribution in [1.29, 1.82) is 0 Å². The van der Waals surface area contributed by atoms with Gasteiger partial charge in [-0.3, -0.25) is 0 Å². The Labute approximate surface area is 370 Å². The smallest absolute Gasteiger partial charge is 0.159 e. The van der Waals surface area contributed by atoms with Gasteiger partial charge in [-0.25, -0.2) is 9.98 Å². The van der Waals surface area contributed by atoms with E-state index in [4.69, 9.17) is 9.98 Å². The van der Waals surface area contributed by atoms with Crippen molar-refractivity contribution in [3.8, 4) is 22.5 Å². The van der Waals surface area contributed by atoms with Gasteiger partial charge >= 0.3 is 0 Å². The Morgan fingerprint density at radius 2 is 1.09 bits per heavy atom. The van der Waals surface area contributed by atoms with E-state index in [1.807, 2.05) is 0 Å². The molecule has 9 aromatic carbocycles. The Hall–Kier alpha value is -8.28. The highest BCUT2D eigenvalue weighted by Gasteiger charge is 2.30. The van der Waals surface area contributed by atoms with Crippen molar-refractivity contribution in [3.05, 3.63) is 235 Å². The molecule has 2 aliphatic rings. The summed E-state index contributed by atoms with van der Waals surface area (Å²) >= 11 is 0. The van der Waals surface area contributed by atoms with E-state index in [1.54, 1.807) is 0 Å². The van der Waals surface area contributed by atoms with Crippen LogP contribution in [-0.4, -0.2) is 20.8 Å². The summed E-state index contributed by atoms with van der Waals surface area (Å²) in [5, 5.41) is 11.2. The first-order valence-electron chi connectivity index (χ1n) is 22.1. The molecule has 0 amide bonds. The average Bonchev–Trinajstić information content (AvgIpc) is 3.88. The predicted molar refractivity (Wildman–Crippen MR) is 267 cm³/mol. The maximum absolute atomic E-state index is 5.42. The third-order valence-electron chi connectivity index (χ3n) is 13.3. The summed E-state index contributed by atoms with van der Waals surface area (Å²) in [4.78, 5) is 10.8. The molecular formula is C59H41N5. The first-order chi connectivity index (χ1) is 31.8. The van der Waals surface area contributed by atoms with E-state index in [2.05, 4.69) is 233 Å². The Kier molecular flexibility index (Phi) is 8.34. The van der Waals surface area contributed by atoms with Gasteiger partial charge < -0.3 is 14.5 Å². The minimum absolute atomic E-state index is 0.0773. The van der Waals surface area contributed by atoms with Crippen LogP contribution in [0.15, 0.2) is 222 Å². The summed E-state index contributed by atoms with van der Waals surface area (Å²) in [6.45, 7) is 0. The number of benzene rings is 9. The molecule has 2 atom stereocenters. The standard InChI is InChI=1S/C59H41N5/c1-2-17-38(18-3-1)43-23-8-9-27-48(43)58-60-57(61-59(62-58)49-29-16-21-39-19-4-6-22-44(39)49)40-33-35-42(36-34-40)63-53-32-15-12-28-50(53)55-54(63)37-41-20-5-7-24-45(41)56(55)64-51-30-13-10-25-46(51)47-26-11-14-31-52(47)64/h1-28,30-37,49,58H,29H2,(H,60,61,62). The number of hydrogen-bond donors (Lipinski definition) is 1. The van der Waals surface area contributed by atoms with E-state index in [-0.39, 0.29) is 12.1 Å². The van der Waals surface area contributed by atoms with Gasteiger partial charge in [0.05, 0.1) is 27.8 Å². The van der Waals surface area contributed by atoms with Gasteiger partial charge in [0.1, 0.15) is 12.0 Å². The summed E-state index contributed by atoms with van der Waals surface area (Å²) in [5.74, 6) is 1.74. The number of rotatable bonds is 6. The monoisotopic (exact) mass is 819 g/mol. The Morgan fingerprint density at radius 1 is 0.484 bits per heavy atom. The molecule has 3 heterocycles. The van der Waals surface area contributed by atoms with Crippen LogP contribution in [0.2, 0.25) is 0 Å². The number of nitrogens with zero attached hydrogens (tertiary/aromatic N) is 4. The van der Waals surface area contributed by atoms with Crippen molar-refractivity contribution >= 4 is 72.1 Å². The van der Waals surface area contributed by atoms with Crippen molar-refractivity contribution < 1.29 is 0 Å². The summed E-state index contributed by atoms with van der Waals surface area (Å²) in [6.07, 6.45) is 5.03. The molecule has 0 bridgehead atoms. The zero-order chi connectivity index (χ0) is 42.1. The lowest BCUT2D eigenvalue weighted by Gasteiger charge is -2.30. The zero-order valence-corrected chi connectivity index (χ0v) is 34.9. The van der Waals surface area contributed by atoms with Crippen LogP contribution in [0.4, 0.5) is 0 Å². The lowest BCUT2D eigenvalue weighted by molar-refractivity contribution is 0.650. The minimum Gasteiger partial charge on any atom is -0.348 e. The third kappa shape index (κ3) is 5.71. The molecule has 1 N–H and O–H groups in total. The van der Waals surface area contributed by atoms with E-state index in [0.717, 1.165) is 57.1 Å². The maximum Gasteiger partial charge on any atom is 0.159 e. The quantitative estimate of drug-likeness (QED) is 0.178. The fourth-order valence-electron chi connectivity index (χ4n) is 10.4. The lowest BCUT2D eigenvalue weighted by atomic mass is 9.85. The van der Waals surface area contributed by atoms with Crippen LogP contribution < -0.4 is 5.32 Å². The van der Waals surface area contributed by atoms with E-state index >= 15 is 0 Å². The Bertz CT molecular complexity index is 3680. The van der Waals surface area contributed by atoms with Crippen LogP contribution in [0.25, 0.3) is 83.0 Å². The molecule has 1 aliphatic carbocycles. The molecule has 1 aliphatic heterocycles. The second-order valence-electron chi connectivity index (χ2n) is 16.9. The molecule has 302 valence electrons. The van der Waals surface area contributed by atoms with Crippen LogP contribution in [0.5, 0.6) is 0 Å². The second-order valence-corrected chi connectivity index (χ2v) is 16.9. The number of allylic oxidation sites excluding steroid dienone is 1. The SMILES string of the molecule is C1=Cc2ccccc2C(C2=NC(c3ccc(-n4c5ccccc5c5c(-n6c7ccccc7c7ccccc76)c6ccccc6cc54)cc3)=NC(c3ccccc3-c3ccccc3)N2)C1. The molecule has 2 aromatic heterocycles. The van der Waals surface area contributed by atoms with E-state index < -0.39 is 0 Å². The van der Waals surface area contributed by atoms with Gasteiger partial charge in [0.2, 0.25) is 0 Å². The largest absolute Gasteiger partial charge is 0.348 e. The molecule has 0 spiro atoms. The Morgan fingerprint density at radius 3 is 1.86 bits per heavy atom. The highest BCUT2D eigenvalue weighted by Crippen LogP contribution is 2.44. The summed E-state index contributed by atoms with van der Waals surface area (Å²) in [7, 11) is 0. The molecular weight excluding hydrogens is 779 g/mol. The molecule has 0 radical (unpaired) electrons. The van der Waals surface area contributed by atoms with Crippen molar-refractivity contribution in [2.24, 2.45) is 9.98 Å². The number of para-hydroxylation sites is 3. The van der Waals surface area contributed by atoms with E-state index in [1.165, 1.54) is 60.2 Å². The van der Waals surface area contributed by atoms with Crippen molar-refractivity contribution in [2.45, 2.75) is 18.5 Å². The first kappa shape index (κ1) is 36.4. The molecule has 0 saturated carbocycles. The van der Waals surface area contributed by atoms with Crippen LogP contribution in [0.1, 0.15) is 40.8 Å². The molecule has 64 heavy (non-hydrogen) atoms. The summed E-state index contributed by atoms with van der Waals surface area (Å²) in [5.41, 5.74) is 13.9. The minimum atomic E-state index is -0.332. The van der Waals surface area contributed by atoms with Crippen molar-refractivity contribution in [3.63, 3.8) is 0 Å². The number of aliphatic imine (C=N–C) groups is 2. The van der Waals surface area contributed by atoms with Crippen molar-refractivity contribution in [2.75, 3.05) is 0 Å². The highest BCUT2D eigenvalue weighted by atomic mass is 15.2. The predicted octanol–water partition coefficient (Wildman–Crippen LogP) is 14.3. The van der Waals surface area contributed by atoms with Gasteiger partial charge in [0, 0.05) is 49.7 Å². The number of hydrogen-bond acceptors (Lipinski definition) is 3. The number of nitrogens with one attached hydrogen (secondary N) is 1. The van der Waals surface area contributed by atoms with E-state index in [0.29, 0.717) is 0 Å². The van der Waals surface area contributed by atoms with Crippen LogP contribution in [-0.2, 0) is 0 Å². The number of aromatic nitrogens is 2. The second kappa shape index (κ2) is 14.7. The normalized spacial score (nSPS) is 16.0. The van der Waals surface area contributed by atoms with Crippen molar-refractivity contribution in [1.82, 2.24) is 14.5 Å². The van der Waals surface area contributed by atoms with Gasteiger partial charge in [-0.15, -0.1) is 0 Å². The van der Waals surface area contributed by atoms with Gasteiger partial charge in [0.15, 0.2) is 5.84 Å². The molecule has 0 saturated heterocycles. The topological polar surface area (TPSA) is 46.6 Å². The third-order valence-corrected chi connectivity index (χ3v) is 13.3. The fourth-order valence-corrected chi connectivity index (χ4v) is 10.4. The maximum atomic E-state index is 5.42. The molecule has 5 heteroatoms. The highest BCUT2D eigenvalue weighted by molar-refractivity contribution is 6.22. The number of fused-ring (bicyclic) bond motifs is 8. The number of amidine groups is 2. The average molecular weight is 820 g/mol. The van der Waals surface area contributed by atoms with Gasteiger partial charge in [-0.1, -0.05) is 170 Å². The van der Waals surface area contributed by atoms with E-state index in [9.17, 15) is 0 Å². The van der Waals surface area contributed by atoms with Gasteiger partial charge in [0.25, 0.3) is 0 Å². The first-order valence-corrected chi connectivity index (χ1v) is 22.1. The molecule has 11 aromatic rings. The van der Waals surface area contributed by atoms with Gasteiger partial charge in [-0.2, -0.15) is 0 Å². The molecule has 2 unspecified atom stereocenters. The van der Waals surface area contributed by atoms with Crippen LogP contribution >= 0.6 is 0 Å². The van der Waals surface area contributed by atoms with Crippen LogP contribution in [0, 0.1) is 0 Å². The van der Waals surface area contributed by atoms with Gasteiger partial charge in [-0.05, 0) is 82.6 Å². The van der Waals surface area contributed by atoms with Crippen LogP contribution in [0.3, 0.4) is 0 Å². The summed E-state index contributed by atoms with van der Waals surface area (Å²) in [6, 6.07) is 74.4.